The fraction of sp³-hybridized carbons (Fsp3) is 0.909. The average molecular weight is 377 g/mol. The number of aliphatic hydroxyl groups is 1. The number of nitrogens with zero attached hydrogens (tertiary/aromatic N) is 1. The van der Waals surface area contributed by atoms with E-state index in [1.165, 1.54) is 0 Å². The molecule has 5 nitrogen and oxygen atoms in total. The molecule has 0 saturated heterocycles. The molecule has 0 aliphatic heterocycles. The van der Waals surface area contributed by atoms with Gasteiger partial charge in [-0.15, -0.1) is 0 Å². The molecule has 7 atom stereocenters. The molecule has 4 rings (SSSR count). The van der Waals surface area contributed by atoms with Crippen LogP contribution in [0.5, 0.6) is 0 Å². The Labute approximate surface area is 163 Å². The molecule has 4 fully saturated rings. The van der Waals surface area contributed by atoms with Crippen molar-refractivity contribution < 1.29 is 14.7 Å². The fourth-order valence-corrected chi connectivity index (χ4v) is 7.46. The molecule has 4 aliphatic rings. The van der Waals surface area contributed by atoms with E-state index >= 15 is 0 Å². The van der Waals surface area contributed by atoms with Crippen molar-refractivity contribution in [2.24, 2.45) is 51.3 Å². The van der Waals surface area contributed by atoms with Crippen LogP contribution < -0.4 is 5.73 Å². The molecular formula is C22H36N2O3. The molecular weight excluding hydrogens is 340 g/mol. The molecule has 1 unspecified atom stereocenters. The zero-order chi connectivity index (χ0) is 19.2. The van der Waals surface area contributed by atoms with E-state index in [9.17, 15) is 9.90 Å². The Morgan fingerprint density at radius 2 is 2.04 bits per heavy atom. The predicted molar refractivity (Wildman–Crippen MR) is 105 cm³/mol. The summed E-state index contributed by atoms with van der Waals surface area (Å²) in [5, 5.41) is 14.6. The van der Waals surface area contributed by atoms with E-state index in [4.69, 9.17) is 10.6 Å². The molecule has 0 spiro atoms. The van der Waals surface area contributed by atoms with E-state index in [0.717, 1.165) is 57.1 Å². The Balaban J connectivity index is 1.59. The number of carbonyl (C=O) groups excluding carboxylic acids is 1. The monoisotopic (exact) mass is 376 g/mol. The quantitative estimate of drug-likeness (QED) is 0.583. The van der Waals surface area contributed by atoms with Gasteiger partial charge in [-0.2, -0.15) is 0 Å². The van der Waals surface area contributed by atoms with Gasteiger partial charge in [0.05, 0.1) is 5.71 Å². The van der Waals surface area contributed by atoms with Crippen LogP contribution in [0.4, 0.5) is 0 Å². The van der Waals surface area contributed by atoms with Crippen LogP contribution in [-0.2, 0) is 9.63 Å². The highest BCUT2D eigenvalue weighted by molar-refractivity contribution is 5.87. The Bertz CT molecular complexity index is 621. The number of ketones is 1. The normalized spacial score (nSPS) is 48.1. The van der Waals surface area contributed by atoms with Gasteiger partial charge in [0.25, 0.3) is 0 Å². The number of carbonyl (C=O) groups is 1. The number of rotatable bonds is 4. The predicted octanol–water partition coefficient (Wildman–Crippen LogP) is 3.15. The fourth-order valence-electron chi connectivity index (χ4n) is 7.46. The lowest BCUT2D eigenvalue weighted by Crippen LogP contribution is -2.57. The van der Waals surface area contributed by atoms with E-state index in [2.05, 4.69) is 19.0 Å². The minimum Gasteiger partial charge on any atom is -0.396 e. The zero-order valence-electron chi connectivity index (χ0n) is 17.0. The summed E-state index contributed by atoms with van der Waals surface area (Å²) >= 11 is 0. The van der Waals surface area contributed by atoms with Gasteiger partial charge in [0.1, 0.15) is 12.4 Å². The molecule has 4 saturated carbocycles. The molecule has 0 radical (unpaired) electrons. The number of oxime groups is 1. The van der Waals surface area contributed by atoms with E-state index in [1.54, 1.807) is 0 Å². The summed E-state index contributed by atoms with van der Waals surface area (Å²) in [5.41, 5.74) is 6.83. The Morgan fingerprint density at radius 3 is 2.78 bits per heavy atom. The Hall–Kier alpha value is -0.940. The Kier molecular flexibility index (Phi) is 5.13. The summed E-state index contributed by atoms with van der Waals surface area (Å²) in [6, 6.07) is 0. The first kappa shape index (κ1) is 19.4. The van der Waals surface area contributed by atoms with Crippen LogP contribution in [0.2, 0.25) is 0 Å². The molecule has 3 N–H and O–H groups in total. The maximum Gasteiger partial charge on any atom is 0.139 e. The summed E-state index contributed by atoms with van der Waals surface area (Å²) in [4.78, 5) is 18.0. The molecule has 0 aromatic rings. The van der Waals surface area contributed by atoms with Gasteiger partial charge < -0.3 is 15.7 Å². The van der Waals surface area contributed by atoms with Crippen LogP contribution in [0.25, 0.3) is 0 Å². The van der Waals surface area contributed by atoms with Crippen LogP contribution in [0.1, 0.15) is 65.2 Å². The average Bonchev–Trinajstić information content (AvgIpc) is 2.96. The van der Waals surface area contributed by atoms with Crippen LogP contribution in [0, 0.1) is 40.4 Å². The Morgan fingerprint density at radius 1 is 1.22 bits per heavy atom. The standard InChI is InChI=1S/C22H36N2O3/c1-21-7-5-16(24-27-10-9-23)12-15(21)11-14(13-25)20-17-3-4-19(26)22(17,2)8-6-18(20)21/h14-15,17-18,20,25H,3-13,23H2,1-2H3/t14-,15?,17+,18+,20+,21+,22+/m1/s1. The van der Waals surface area contributed by atoms with Crippen LogP contribution in [0.15, 0.2) is 5.16 Å². The van der Waals surface area contributed by atoms with Crippen LogP contribution >= 0.6 is 0 Å². The van der Waals surface area contributed by atoms with E-state index in [-0.39, 0.29) is 12.0 Å². The highest BCUT2D eigenvalue weighted by Gasteiger charge is 2.62. The first-order valence-corrected chi connectivity index (χ1v) is 11.0. The lowest BCUT2D eigenvalue weighted by atomic mass is 9.43. The van der Waals surface area contributed by atoms with Crippen molar-refractivity contribution in [1.82, 2.24) is 0 Å². The second kappa shape index (κ2) is 7.14. The highest BCUT2D eigenvalue weighted by Crippen LogP contribution is 2.66. The molecule has 0 bridgehead atoms. The largest absolute Gasteiger partial charge is 0.396 e. The van der Waals surface area contributed by atoms with Crippen molar-refractivity contribution in [3.05, 3.63) is 0 Å². The van der Waals surface area contributed by atoms with Crippen molar-refractivity contribution in [1.29, 1.82) is 0 Å². The minimum atomic E-state index is -0.130. The summed E-state index contributed by atoms with van der Waals surface area (Å²) < 4.78 is 0. The summed E-state index contributed by atoms with van der Waals surface area (Å²) in [5.74, 6) is 2.98. The molecule has 0 aromatic heterocycles. The molecule has 0 aromatic carbocycles. The summed E-state index contributed by atoms with van der Waals surface area (Å²) in [6.07, 6.45) is 8.17. The third-order valence-corrected chi connectivity index (χ3v) is 9.02. The number of fused-ring (bicyclic) bond motifs is 5. The second-order valence-corrected chi connectivity index (χ2v) is 10.1. The summed E-state index contributed by atoms with van der Waals surface area (Å²) in [6.45, 7) is 5.92. The van der Waals surface area contributed by atoms with Crippen molar-refractivity contribution >= 4 is 11.5 Å². The van der Waals surface area contributed by atoms with Crippen molar-refractivity contribution in [2.75, 3.05) is 19.8 Å². The van der Waals surface area contributed by atoms with E-state index < -0.39 is 0 Å². The topological polar surface area (TPSA) is 84.9 Å². The zero-order valence-corrected chi connectivity index (χ0v) is 17.0. The maximum absolute atomic E-state index is 12.6. The molecule has 27 heavy (non-hydrogen) atoms. The second-order valence-electron chi connectivity index (χ2n) is 10.1. The minimum absolute atomic E-state index is 0.130. The van der Waals surface area contributed by atoms with Gasteiger partial charge in [0, 0.05) is 25.0 Å². The first-order valence-electron chi connectivity index (χ1n) is 11.0. The van der Waals surface area contributed by atoms with Gasteiger partial charge in [-0.1, -0.05) is 19.0 Å². The third-order valence-electron chi connectivity index (χ3n) is 9.02. The van der Waals surface area contributed by atoms with Crippen molar-refractivity contribution in [3.63, 3.8) is 0 Å². The van der Waals surface area contributed by atoms with E-state index in [0.29, 0.717) is 53.9 Å². The number of aliphatic hydroxyl groups excluding tert-OH is 1. The van der Waals surface area contributed by atoms with Gasteiger partial charge in [0.2, 0.25) is 0 Å². The lowest BCUT2D eigenvalue weighted by molar-refractivity contribution is -0.148. The first-order chi connectivity index (χ1) is 12.9. The van der Waals surface area contributed by atoms with E-state index in [1.807, 2.05) is 0 Å². The third kappa shape index (κ3) is 2.96. The highest BCUT2D eigenvalue weighted by atomic mass is 16.6. The molecule has 5 heteroatoms. The van der Waals surface area contributed by atoms with Gasteiger partial charge in [-0.25, -0.2) is 0 Å². The molecule has 152 valence electrons. The number of hydrogen-bond donors (Lipinski definition) is 2. The molecule has 0 heterocycles. The van der Waals surface area contributed by atoms with Crippen LogP contribution in [0.3, 0.4) is 0 Å². The number of hydrogen-bond acceptors (Lipinski definition) is 5. The lowest BCUT2D eigenvalue weighted by Gasteiger charge is -2.61. The van der Waals surface area contributed by atoms with Gasteiger partial charge in [-0.3, -0.25) is 4.79 Å². The molecule has 0 amide bonds. The van der Waals surface area contributed by atoms with Crippen molar-refractivity contribution in [2.45, 2.75) is 65.2 Å². The summed E-state index contributed by atoms with van der Waals surface area (Å²) in [7, 11) is 0. The molecule has 4 aliphatic carbocycles. The van der Waals surface area contributed by atoms with Gasteiger partial charge >= 0.3 is 0 Å². The SMILES string of the molecule is C[C@]12CCC(=NOCCN)CC1C[C@H](CO)[C@@H]1[C@@H]2CC[C@]2(C)C(=O)CC[C@@H]12. The number of Topliss-reactive ketones (excluding diaryl/α,β-unsaturated/α-hetero) is 1. The van der Waals surface area contributed by atoms with Gasteiger partial charge in [-0.05, 0) is 80.0 Å². The van der Waals surface area contributed by atoms with Crippen LogP contribution in [-0.4, -0.2) is 36.4 Å². The van der Waals surface area contributed by atoms with Crippen molar-refractivity contribution in [3.8, 4) is 0 Å². The van der Waals surface area contributed by atoms with Gasteiger partial charge in [0.15, 0.2) is 0 Å². The smallest absolute Gasteiger partial charge is 0.139 e. The maximum atomic E-state index is 12.6. The number of nitrogens with two attached hydrogens (primary N) is 1.